The van der Waals surface area contributed by atoms with Crippen LogP contribution in [0.5, 0.6) is 5.75 Å². The van der Waals surface area contributed by atoms with Gasteiger partial charge in [-0.15, -0.1) is 0 Å². The fourth-order valence-corrected chi connectivity index (χ4v) is 3.53. The van der Waals surface area contributed by atoms with Gasteiger partial charge in [0.2, 0.25) is 5.91 Å². The van der Waals surface area contributed by atoms with E-state index in [4.69, 9.17) is 4.74 Å². The number of hydrogen-bond acceptors (Lipinski definition) is 4. The number of amides is 2. The number of nitrogens with one attached hydrogen (secondary N) is 1. The number of thiophene rings is 1. The molecule has 1 fully saturated rings. The third-order valence-corrected chi connectivity index (χ3v) is 4.97. The van der Waals surface area contributed by atoms with Crippen LogP contribution < -0.4 is 10.1 Å². The zero-order chi connectivity index (χ0) is 16.9. The van der Waals surface area contributed by atoms with E-state index in [0.717, 1.165) is 5.56 Å². The first-order chi connectivity index (χ1) is 11.7. The van der Waals surface area contributed by atoms with Gasteiger partial charge in [-0.1, -0.05) is 12.1 Å². The molecule has 0 unspecified atom stereocenters. The first-order valence-corrected chi connectivity index (χ1v) is 8.88. The second kappa shape index (κ2) is 7.49. The van der Waals surface area contributed by atoms with E-state index in [-0.39, 0.29) is 17.7 Å². The number of carbonyl (C=O) groups is 2. The average molecular weight is 344 g/mol. The lowest BCUT2D eigenvalue weighted by Crippen LogP contribution is -2.41. The van der Waals surface area contributed by atoms with E-state index in [1.54, 1.807) is 7.11 Å². The number of hydrogen-bond donors (Lipinski definition) is 1. The molecule has 1 aromatic heterocycles. The van der Waals surface area contributed by atoms with Crippen molar-refractivity contribution in [2.24, 2.45) is 5.92 Å². The molecular formula is C18H20N2O3S. The molecule has 0 radical (unpaired) electrons. The number of ether oxygens (including phenoxy) is 1. The van der Waals surface area contributed by atoms with Gasteiger partial charge in [-0.3, -0.25) is 9.59 Å². The van der Waals surface area contributed by atoms with Gasteiger partial charge in [0.05, 0.1) is 18.4 Å². The fraction of sp³-hybridized carbons (Fsp3) is 0.333. The number of rotatable bonds is 4. The molecule has 2 amide bonds. The molecule has 1 aromatic carbocycles. The minimum Gasteiger partial charge on any atom is -0.495 e. The number of anilines is 1. The quantitative estimate of drug-likeness (QED) is 0.926. The Balaban J connectivity index is 1.56. The third kappa shape index (κ3) is 3.59. The molecule has 2 heterocycles. The molecule has 0 spiro atoms. The Morgan fingerprint density at radius 2 is 1.96 bits per heavy atom. The lowest BCUT2D eigenvalue weighted by molar-refractivity contribution is -0.121. The van der Waals surface area contributed by atoms with Gasteiger partial charge >= 0.3 is 0 Å². The van der Waals surface area contributed by atoms with Crippen molar-refractivity contribution in [2.75, 3.05) is 25.5 Å². The number of methoxy groups -OCH3 is 1. The number of nitrogens with zero attached hydrogens (tertiary/aromatic N) is 1. The molecule has 0 saturated carbocycles. The summed E-state index contributed by atoms with van der Waals surface area (Å²) in [5, 5.41) is 6.70. The molecule has 0 atom stereocenters. The van der Waals surface area contributed by atoms with Crippen molar-refractivity contribution in [3.05, 3.63) is 46.7 Å². The van der Waals surface area contributed by atoms with Crippen LogP contribution in [0.1, 0.15) is 23.2 Å². The number of carbonyl (C=O) groups excluding carboxylic acids is 2. The van der Waals surface area contributed by atoms with Crippen LogP contribution >= 0.6 is 11.3 Å². The normalized spacial score (nSPS) is 15.1. The zero-order valence-corrected chi connectivity index (χ0v) is 14.3. The third-order valence-electron chi connectivity index (χ3n) is 4.29. The highest BCUT2D eigenvalue weighted by Gasteiger charge is 2.28. The first-order valence-electron chi connectivity index (χ1n) is 7.94. The molecule has 1 aliphatic rings. The van der Waals surface area contributed by atoms with E-state index in [1.165, 1.54) is 11.3 Å². The van der Waals surface area contributed by atoms with Gasteiger partial charge in [0.15, 0.2) is 0 Å². The Labute approximate surface area is 145 Å². The summed E-state index contributed by atoms with van der Waals surface area (Å²) >= 11 is 1.52. The Morgan fingerprint density at radius 3 is 2.62 bits per heavy atom. The van der Waals surface area contributed by atoms with E-state index in [1.807, 2.05) is 46.0 Å². The van der Waals surface area contributed by atoms with Gasteiger partial charge < -0.3 is 15.0 Å². The maximum absolute atomic E-state index is 12.5. The number of likely N-dealkylation sites (tertiary alicyclic amines) is 1. The number of para-hydroxylation sites is 2. The second-order valence-electron chi connectivity index (χ2n) is 5.77. The predicted molar refractivity (Wildman–Crippen MR) is 94.6 cm³/mol. The zero-order valence-electron chi connectivity index (χ0n) is 13.5. The van der Waals surface area contributed by atoms with Gasteiger partial charge in [0.25, 0.3) is 5.91 Å². The van der Waals surface area contributed by atoms with E-state index < -0.39 is 0 Å². The van der Waals surface area contributed by atoms with Gasteiger partial charge in [-0.25, -0.2) is 0 Å². The molecule has 1 saturated heterocycles. The Bertz CT molecular complexity index is 707. The van der Waals surface area contributed by atoms with Crippen molar-refractivity contribution in [1.82, 2.24) is 4.90 Å². The smallest absolute Gasteiger partial charge is 0.254 e. The van der Waals surface area contributed by atoms with Crippen molar-refractivity contribution in [1.29, 1.82) is 0 Å². The maximum Gasteiger partial charge on any atom is 0.254 e. The van der Waals surface area contributed by atoms with Crippen LogP contribution in [0.15, 0.2) is 41.1 Å². The van der Waals surface area contributed by atoms with Gasteiger partial charge in [-0.2, -0.15) is 11.3 Å². The minimum absolute atomic E-state index is 0.0119. The summed E-state index contributed by atoms with van der Waals surface area (Å²) in [4.78, 5) is 26.6. The molecule has 1 N–H and O–H groups in total. The van der Waals surface area contributed by atoms with Crippen LogP contribution in [0.25, 0.3) is 0 Å². The largest absolute Gasteiger partial charge is 0.495 e. The highest BCUT2D eigenvalue weighted by molar-refractivity contribution is 7.08. The summed E-state index contributed by atoms with van der Waals surface area (Å²) < 4.78 is 5.26. The van der Waals surface area contributed by atoms with Gasteiger partial charge in [-0.05, 0) is 36.4 Å². The standard InChI is InChI=1S/C18H20N2O3S/c1-23-16-5-3-2-4-15(16)19-17(21)13-6-9-20(10-7-13)18(22)14-8-11-24-12-14/h2-5,8,11-13H,6-7,9-10H2,1H3,(H,19,21). The van der Waals surface area contributed by atoms with Crippen LogP contribution in [0.2, 0.25) is 0 Å². The Kier molecular flexibility index (Phi) is 5.15. The SMILES string of the molecule is COc1ccccc1NC(=O)C1CCN(C(=O)c2ccsc2)CC1. The van der Waals surface area contributed by atoms with E-state index >= 15 is 0 Å². The average Bonchev–Trinajstić information content (AvgIpc) is 3.16. The monoisotopic (exact) mass is 344 g/mol. The summed E-state index contributed by atoms with van der Waals surface area (Å²) in [5.74, 6) is 0.610. The van der Waals surface area contributed by atoms with E-state index in [0.29, 0.717) is 37.4 Å². The molecule has 0 aliphatic carbocycles. The van der Waals surface area contributed by atoms with Crippen LogP contribution in [0, 0.1) is 5.92 Å². The maximum atomic E-state index is 12.5. The minimum atomic E-state index is -0.0820. The summed E-state index contributed by atoms with van der Waals surface area (Å²) in [6.07, 6.45) is 1.35. The molecule has 24 heavy (non-hydrogen) atoms. The fourth-order valence-electron chi connectivity index (χ4n) is 2.90. The van der Waals surface area contributed by atoms with Crippen molar-refractivity contribution >= 4 is 28.8 Å². The van der Waals surface area contributed by atoms with Crippen molar-refractivity contribution < 1.29 is 14.3 Å². The van der Waals surface area contributed by atoms with Gasteiger partial charge in [0, 0.05) is 24.4 Å². The van der Waals surface area contributed by atoms with Crippen molar-refractivity contribution in [3.63, 3.8) is 0 Å². The molecule has 6 heteroatoms. The van der Waals surface area contributed by atoms with Crippen molar-refractivity contribution in [3.8, 4) is 5.75 Å². The van der Waals surface area contributed by atoms with Crippen LogP contribution in [0.4, 0.5) is 5.69 Å². The first kappa shape index (κ1) is 16.5. The summed E-state index contributed by atoms with van der Waals surface area (Å²) in [5.41, 5.74) is 1.42. The Morgan fingerprint density at radius 1 is 1.21 bits per heavy atom. The molecule has 126 valence electrons. The highest BCUT2D eigenvalue weighted by Crippen LogP contribution is 2.26. The van der Waals surface area contributed by atoms with Gasteiger partial charge in [0.1, 0.15) is 5.75 Å². The molecule has 5 nitrogen and oxygen atoms in total. The van der Waals surface area contributed by atoms with E-state index in [9.17, 15) is 9.59 Å². The van der Waals surface area contributed by atoms with Crippen LogP contribution in [-0.4, -0.2) is 36.9 Å². The lowest BCUT2D eigenvalue weighted by atomic mass is 9.95. The van der Waals surface area contributed by atoms with Crippen molar-refractivity contribution in [2.45, 2.75) is 12.8 Å². The van der Waals surface area contributed by atoms with E-state index in [2.05, 4.69) is 5.32 Å². The second-order valence-corrected chi connectivity index (χ2v) is 6.55. The molecule has 3 rings (SSSR count). The number of piperidine rings is 1. The summed E-state index contributed by atoms with van der Waals surface area (Å²) in [7, 11) is 1.58. The number of benzene rings is 1. The molecular weight excluding hydrogens is 324 g/mol. The molecule has 0 bridgehead atoms. The highest BCUT2D eigenvalue weighted by atomic mass is 32.1. The summed E-state index contributed by atoms with van der Waals surface area (Å²) in [6.45, 7) is 1.22. The molecule has 1 aliphatic heterocycles. The topological polar surface area (TPSA) is 58.6 Å². The van der Waals surface area contributed by atoms with Crippen LogP contribution in [0.3, 0.4) is 0 Å². The summed E-state index contributed by atoms with van der Waals surface area (Å²) in [6, 6.07) is 9.21. The lowest BCUT2D eigenvalue weighted by Gasteiger charge is -2.31. The molecule has 2 aromatic rings. The van der Waals surface area contributed by atoms with Crippen LogP contribution in [-0.2, 0) is 4.79 Å². The Hall–Kier alpha value is -2.34. The predicted octanol–water partition coefficient (Wildman–Crippen LogP) is 3.25.